The van der Waals surface area contributed by atoms with E-state index in [1.807, 2.05) is 30.3 Å². The van der Waals surface area contributed by atoms with Crippen LogP contribution in [0.1, 0.15) is 42.5 Å². The first-order valence-electron chi connectivity index (χ1n) is 11.0. The van der Waals surface area contributed by atoms with Crippen LogP contribution < -0.4 is 4.74 Å². The first-order chi connectivity index (χ1) is 15.1. The fraction of sp³-hybridized carbons (Fsp3) is 0.400. The van der Waals surface area contributed by atoms with Gasteiger partial charge in [-0.25, -0.2) is 0 Å². The van der Waals surface area contributed by atoms with E-state index in [4.69, 9.17) is 4.74 Å². The maximum atomic E-state index is 13.0. The Labute approximate surface area is 182 Å². The van der Waals surface area contributed by atoms with Gasteiger partial charge >= 0.3 is 0 Å². The molecule has 2 aromatic carbocycles. The van der Waals surface area contributed by atoms with E-state index in [2.05, 4.69) is 0 Å². The topological polar surface area (TPSA) is 66.9 Å². The highest BCUT2D eigenvalue weighted by atomic mass is 16.5. The van der Waals surface area contributed by atoms with Crippen LogP contribution in [0, 0.1) is 5.92 Å². The molecule has 2 amide bonds. The molecule has 1 atom stereocenters. The number of benzene rings is 2. The summed E-state index contributed by atoms with van der Waals surface area (Å²) in [5.74, 6) is 1.48. The summed E-state index contributed by atoms with van der Waals surface area (Å²) in [6.45, 7) is 2.36. The highest BCUT2D eigenvalue weighted by molar-refractivity contribution is 5.98. The average molecular weight is 421 g/mol. The third-order valence-corrected chi connectivity index (χ3v) is 6.03. The number of amides is 2. The molecule has 162 valence electrons. The maximum absolute atomic E-state index is 13.0. The fourth-order valence-electron chi connectivity index (χ4n) is 4.29. The van der Waals surface area contributed by atoms with E-state index in [0.29, 0.717) is 43.8 Å². The Bertz CT molecular complexity index is 926. The summed E-state index contributed by atoms with van der Waals surface area (Å²) in [5.41, 5.74) is 0.641. The second kappa shape index (κ2) is 9.77. The van der Waals surface area contributed by atoms with Crippen molar-refractivity contribution in [2.24, 2.45) is 5.92 Å². The highest BCUT2D eigenvalue weighted by Crippen LogP contribution is 2.25. The summed E-state index contributed by atoms with van der Waals surface area (Å²) in [7, 11) is 0. The van der Waals surface area contributed by atoms with Gasteiger partial charge in [-0.1, -0.05) is 18.2 Å². The van der Waals surface area contributed by atoms with Crippen LogP contribution in [-0.4, -0.2) is 53.6 Å². The number of piperidine rings is 1. The lowest BCUT2D eigenvalue weighted by atomic mass is 9.90. The smallest absolute Gasteiger partial charge is 0.224 e. The molecule has 0 radical (unpaired) electrons. The van der Waals surface area contributed by atoms with Gasteiger partial charge in [-0.05, 0) is 55.7 Å². The van der Waals surface area contributed by atoms with Crippen LogP contribution in [0.3, 0.4) is 0 Å². The lowest BCUT2D eigenvalue weighted by Gasteiger charge is -2.32. The molecule has 0 aromatic heterocycles. The molecule has 0 spiro atoms. The highest BCUT2D eigenvalue weighted by Gasteiger charge is 2.29. The van der Waals surface area contributed by atoms with Gasteiger partial charge in [0.15, 0.2) is 5.78 Å². The number of Topliss-reactive ketones (excluding diaryl/α,β-unsaturated/α-hetero) is 1. The third-order valence-electron chi connectivity index (χ3n) is 6.03. The number of hydrogen-bond acceptors (Lipinski definition) is 4. The third kappa shape index (κ3) is 5.32. The van der Waals surface area contributed by atoms with Gasteiger partial charge in [0.05, 0.1) is 0 Å². The molecule has 4 rings (SSSR count). The van der Waals surface area contributed by atoms with Crippen molar-refractivity contribution in [1.29, 1.82) is 0 Å². The SMILES string of the molecule is O=C(c1ccc(Oc2ccccc2)cc1)[C@@H]1CCCN(C(=O)CCN2CCCC2=O)C1. The molecule has 31 heavy (non-hydrogen) atoms. The molecule has 2 saturated heterocycles. The van der Waals surface area contributed by atoms with Crippen molar-refractivity contribution in [2.45, 2.75) is 32.1 Å². The molecule has 0 unspecified atom stereocenters. The Balaban J connectivity index is 1.31. The normalized spacial score (nSPS) is 18.8. The van der Waals surface area contributed by atoms with Crippen LogP contribution in [0.4, 0.5) is 0 Å². The van der Waals surface area contributed by atoms with Gasteiger partial charge < -0.3 is 14.5 Å². The lowest BCUT2D eigenvalue weighted by molar-refractivity contribution is -0.134. The van der Waals surface area contributed by atoms with Crippen LogP contribution in [0.25, 0.3) is 0 Å². The summed E-state index contributed by atoms with van der Waals surface area (Å²) >= 11 is 0. The Hall–Kier alpha value is -3.15. The second-order valence-electron chi connectivity index (χ2n) is 8.22. The second-order valence-corrected chi connectivity index (χ2v) is 8.22. The molecule has 0 bridgehead atoms. The number of likely N-dealkylation sites (tertiary alicyclic amines) is 2. The predicted octanol–water partition coefficient (Wildman–Crippen LogP) is 3.91. The maximum Gasteiger partial charge on any atom is 0.224 e. The van der Waals surface area contributed by atoms with Crippen LogP contribution in [-0.2, 0) is 9.59 Å². The van der Waals surface area contributed by atoms with Crippen molar-refractivity contribution in [3.8, 4) is 11.5 Å². The summed E-state index contributed by atoms with van der Waals surface area (Å²) in [6, 6.07) is 16.7. The quantitative estimate of drug-likeness (QED) is 0.637. The van der Waals surface area contributed by atoms with Crippen molar-refractivity contribution < 1.29 is 19.1 Å². The number of carbonyl (C=O) groups excluding carboxylic acids is 3. The molecular weight excluding hydrogens is 392 g/mol. The molecule has 0 aliphatic carbocycles. The number of ether oxygens (including phenoxy) is 1. The van der Waals surface area contributed by atoms with Gasteiger partial charge in [-0.15, -0.1) is 0 Å². The van der Waals surface area contributed by atoms with Crippen LogP contribution in [0.5, 0.6) is 11.5 Å². The standard InChI is InChI=1S/C25H28N2O4/c28-23-9-5-15-26(23)17-14-24(29)27-16-4-6-20(18-27)25(30)19-10-12-22(13-11-19)31-21-7-2-1-3-8-21/h1-3,7-8,10-13,20H,4-6,9,14-18H2/t20-/m1/s1. The Morgan fingerprint density at radius 2 is 1.68 bits per heavy atom. The van der Waals surface area contributed by atoms with Crippen molar-refractivity contribution in [3.05, 3.63) is 60.2 Å². The Morgan fingerprint density at radius 1 is 0.935 bits per heavy atom. The fourth-order valence-corrected chi connectivity index (χ4v) is 4.29. The Morgan fingerprint density at radius 3 is 2.39 bits per heavy atom. The number of para-hydroxylation sites is 1. The summed E-state index contributed by atoms with van der Waals surface area (Å²) in [6.07, 6.45) is 3.40. The van der Waals surface area contributed by atoms with Crippen molar-refractivity contribution in [2.75, 3.05) is 26.2 Å². The summed E-state index contributed by atoms with van der Waals surface area (Å²) in [5, 5.41) is 0. The zero-order valence-electron chi connectivity index (χ0n) is 17.7. The molecule has 2 aliphatic rings. The molecule has 2 aliphatic heterocycles. The number of ketones is 1. The molecule has 2 fully saturated rings. The van der Waals surface area contributed by atoms with E-state index >= 15 is 0 Å². The van der Waals surface area contributed by atoms with Crippen molar-refractivity contribution in [1.82, 2.24) is 9.80 Å². The van der Waals surface area contributed by atoms with Crippen LogP contribution in [0.15, 0.2) is 54.6 Å². The zero-order chi connectivity index (χ0) is 21.6. The monoisotopic (exact) mass is 420 g/mol. The van der Waals surface area contributed by atoms with E-state index in [-0.39, 0.29) is 23.5 Å². The minimum atomic E-state index is -0.188. The van der Waals surface area contributed by atoms with E-state index in [9.17, 15) is 14.4 Å². The molecule has 0 saturated carbocycles. The van der Waals surface area contributed by atoms with E-state index in [1.54, 1.807) is 34.1 Å². The lowest BCUT2D eigenvalue weighted by Crippen LogP contribution is -2.43. The van der Waals surface area contributed by atoms with Gasteiger partial charge in [0.2, 0.25) is 11.8 Å². The molecule has 2 aromatic rings. The van der Waals surface area contributed by atoms with E-state index < -0.39 is 0 Å². The van der Waals surface area contributed by atoms with Gasteiger partial charge in [0.1, 0.15) is 11.5 Å². The summed E-state index contributed by atoms with van der Waals surface area (Å²) < 4.78 is 5.79. The van der Waals surface area contributed by atoms with Crippen LogP contribution in [0.2, 0.25) is 0 Å². The van der Waals surface area contributed by atoms with Crippen molar-refractivity contribution in [3.63, 3.8) is 0 Å². The van der Waals surface area contributed by atoms with E-state index in [1.165, 1.54) is 0 Å². The molecule has 2 heterocycles. The minimum Gasteiger partial charge on any atom is -0.457 e. The first-order valence-corrected chi connectivity index (χ1v) is 11.0. The molecule has 0 N–H and O–H groups in total. The number of hydrogen-bond donors (Lipinski definition) is 0. The summed E-state index contributed by atoms with van der Waals surface area (Å²) in [4.78, 5) is 41.0. The van der Waals surface area contributed by atoms with E-state index in [0.717, 1.165) is 31.6 Å². The predicted molar refractivity (Wildman–Crippen MR) is 117 cm³/mol. The first kappa shape index (κ1) is 21.1. The average Bonchev–Trinajstić information content (AvgIpc) is 3.23. The van der Waals surface area contributed by atoms with Gasteiger partial charge in [0, 0.05) is 50.5 Å². The van der Waals surface area contributed by atoms with Crippen LogP contribution >= 0.6 is 0 Å². The Kier molecular flexibility index (Phi) is 6.65. The number of nitrogens with zero attached hydrogens (tertiary/aromatic N) is 2. The number of carbonyl (C=O) groups is 3. The molecule has 6 heteroatoms. The largest absolute Gasteiger partial charge is 0.457 e. The zero-order valence-corrected chi connectivity index (χ0v) is 17.7. The number of rotatable bonds is 7. The molecular formula is C25H28N2O4. The molecule has 6 nitrogen and oxygen atoms in total. The van der Waals surface area contributed by atoms with Gasteiger partial charge in [-0.3, -0.25) is 14.4 Å². The minimum absolute atomic E-state index is 0.0313. The van der Waals surface area contributed by atoms with Gasteiger partial charge in [-0.2, -0.15) is 0 Å². The van der Waals surface area contributed by atoms with Crippen molar-refractivity contribution >= 4 is 17.6 Å². The van der Waals surface area contributed by atoms with Gasteiger partial charge in [0.25, 0.3) is 0 Å².